The average Bonchev–Trinajstić information content (AvgIpc) is 2.32. The van der Waals surface area contributed by atoms with Gasteiger partial charge in [0.1, 0.15) is 5.78 Å². The summed E-state index contributed by atoms with van der Waals surface area (Å²) in [6.07, 6.45) is 0.510. The number of carbonyl (C=O) groups is 1. The predicted molar refractivity (Wildman–Crippen MR) is 71.4 cm³/mol. The first-order chi connectivity index (χ1) is 8.25. The summed E-state index contributed by atoms with van der Waals surface area (Å²) in [6, 6.07) is 18.3. The molecule has 17 heavy (non-hydrogen) atoms. The van der Waals surface area contributed by atoms with E-state index in [2.05, 4.69) is 18.2 Å². The topological polar surface area (TPSA) is 17.1 Å². The van der Waals surface area contributed by atoms with Crippen LogP contribution in [-0.4, -0.2) is 5.78 Å². The Morgan fingerprint density at radius 3 is 2.35 bits per heavy atom. The highest BCUT2D eigenvalue weighted by molar-refractivity contribution is 7.99. The van der Waals surface area contributed by atoms with Crippen LogP contribution >= 0.6 is 11.8 Å². The fourth-order valence-corrected chi connectivity index (χ4v) is 2.60. The molecule has 0 unspecified atom stereocenters. The minimum Gasteiger partial charge on any atom is -0.300 e. The van der Waals surface area contributed by atoms with Gasteiger partial charge in [-0.1, -0.05) is 48.2 Å². The van der Waals surface area contributed by atoms with E-state index in [4.69, 9.17) is 0 Å². The minimum atomic E-state index is 0.200. The molecular weight excluding hydrogens is 228 g/mol. The summed E-state index contributed by atoms with van der Waals surface area (Å²) in [4.78, 5) is 13.6. The highest BCUT2D eigenvalue weighted by Crippen LogP contribution is 2.30. The molecule has 86 valence electrons. The van der Waals surface area contributed by atoms with Crippen LogP contribution in [0.2, 0.25) is 0 Å². The SMILES string of the molecule is CC(=O)Cc1ccccc1Sc1ccccc1. The van der Waals surface area contributed by atoms with Crippen LogP contribution in [0, 0.1) is 0 Å². The van der Waals surface area contributed by atoms with Gasteiger partial charge in [0.2, 0.25) is 0 Å². The maximum Gasteiger partial charge on any atom is 0.134 e. The van der Waals surface area contributed by atoms with Crippen molar-refractivity contribution in [3.8, 4) is 0 Å². The van der Waals surface area contributed by atoms with E-state index in [0.717, 1.165) is 10.5 Å². The van der Waals surface area contributed by atoms with E-state index >= 15 is 0 Å². The summed E-state index contributed by atoms with van der Waals surface area (Å²) in [6.45, 7) is 1.63. The molecule has 2 aromatic carbocycles. The molecule has 0 bridgehead atoms. The second kappa shape index (κ2) is 5.69. The van der Waals surface area contributed by atoms with Crippen molar-refractivity contribution in [3.05, 3.63) is 60.2 Å². The van der Waals surface area contributed by atoms with Crippen LogP contribution in [0.15, 0.2) is 64.4 Å². The first kappa shape index (κ1) is 11.9. The van der Waals surface area contributed by atoms with Crippen LogP contribution in [0.25, 0.3) is 0 Å². The summed E-state index contributed by atoms with van der Waals surface area (Å²) >= 11 is 1.70. The van der Waals surface area contributed by atoms with Gasteiger partial charge in [-0.05, 0) is 30.7 Å². The van der Waals surface area contributed by atoms with Crippen LogP contribution in [0.1, 0.15) is 12.5 Å². The van der Waals surface area contributed by atoms with Crippen molar-refractivity contribution >= 4 is 17.5 Å². The molecule has 0 spiro atoms. The Bertz CT molecular complexity index is 505. The predicted octanol–water partition coefficient (Wildman–Crippen LogP) is 3.97. The van der Waals surface area contributed by atoms with E-state index in [1.54, 1.807) is 18.7 Å². The van der Waals surface area contributed by atoms with Gasteiger partial charge in [0.15, 0.2) is 0 Å². The van der Waals surface area contributed by atoms with Crippen LogP contribution in [0.3, 0.4) is 0 Å². The molecule has 0 saturated carbocycles. The molecule has 0 aromatic heterocycles. The largest absolute Gasteiger partial charge is 0.300 e. The maximum absolute atomic E-state index is 11.2. The van der Waals surface area contributed by atoms with Crippen LogP contribution < -0.4 is 0 Å². The fourth-order valence-electron chi connectivity index (χ4n) is 1.63. The lowest BCUT2D eigenvalue weighted by atomic mass is 10.1. The number of ketones is 1. The van der Waals surface area contributed by atoms with Gasteiger partial charge in [-0.25, -0.2) is 0 Å². The number of hydrogen-bond donors (Lipinski definition) is 0. The third-order valence-electron chi connectivity index (χ3n) is 2.38. The number of Topliss-reactive ketones (excluding diaryl/α,β-unsaturated/α-hetero) is 1. The Balaban J connectivity index is 2.23. The Labute approximate surface area is 106 Å². The lowest BCUT2D eigenvalue weighted by molar-refractivity contribution is -0.116. The van der Waals surface area contributed by atoms with Crippen molar-refractivity contribution in [2.75, 3.05) is 0 Å². The molecule has 0 atom stereocenters. The standard InChI is InChI=1S/C15H14OS/c1-12(16)11-13-7-5-6-10-15(13)17-14-8-3-2-4-9-14/h2-10H,11H2,1H3. The summed E-state index contributed by atoms with van der Waals surface area (Å²) in [5, 5.41) is 0. The molecule has 0 aliphatic rings. The Kier molecular flexibility index (Phi) is 3.99. The number of benzene rings is 2. The van der Waals surface area contributed by atoms with Crippen LogP contribution in [-0.2, 0) is 11.2 Å². The van der Waals surface area contributed by atoms with Crippen molar-refractivity contribution in [2.24, 2.45) is 0 Å². The monoisotopic (exact) mass is 242 g/mol. The minimum absolute atomic E-state index is 0.200. The molecule has 0 fully saturated rings. The number of carbonyl (C=O) groups excluding carboxylic acids is 1. The molecular formula is C15H14OS. The lowest BCUT2D eigenvalue weighted by Gasteiger charge is -2.07. The van der Waals surface area contributed by atoms with Crippen LogP contribution in [0.5, 0.6) is 0 Å². The molecule has 2 aromatic rings. The van der Waals surface area contributed by atoms with Crippen molar-refractivity contribution in [3.63, 3.8) is 0 Å². The van der Waals surface area contributed by atoms with E-state index in [9.17, 15) is 4.79 Å². The number of rotatable bonds is 4. The molecule has 0 saturated heterocycles. The average molecular weight is 242 g/mol. The van der Waals surface area contributed by atoms with E-state index in [0.29, 0.717) is 6.42 Å². The second-order valence-electron chi connectivity index (χ2n) is 3.90. The molecule has 0 heterocycles. The first-order valence-electron chi connectivity index (χ1n) is 5.56. The summed E-state index contributed by atoms with van der Waals surface area (Å²) in [5.41, 5.74) is 1.11. The summed E-state index contributed by atoms with van der Waals surface area (Å²) in [5.74, 6) is 0.200. The van der Waals surface area contributed by atoms with Crippen molar-refractivity contribution in [1.82, 2.24) is 0 Å². The molecule has 0 N–H and O–H groups in total. The van der Waals surface area contributed by atoms with Gasteiger partial charge in [0.25, 0.3) is 0 Å². The van der Waals surface area contributed by atoms with E-state index < -0.39 is 0 Å². The van der Waals surface area contributed by atoms with Gasteiger partial charge < -0.3 is 0 Å². The van der Waals surface area contributed by atoms with E-state index in [1.165, 1.54) is 4.90 Å². The van der Waals surface area contributed by atoms with Gasteiger partial charge in [-0.3, -0.25) is 4.79 Å². The van der Waals surface area contributed by atoms with Gasteiger partial charge in [0.05, 0.1) is 0 Å². The molecule has 0 aliphatic heterocycles. The zero-order valence-corrected chi connectivity index (χ0v) is 10.5. The Morgan fingerprint density at radius 2 is 1.65 bits per heavy atom. The molecule has 0 radical (unpaired) electrons. The Morgan fingerprint density at radius 1 is 1.00 bits per heavy atom. The highest BCUT2D eigenvalue weighted by Gasteiger charge is 2.05. The zero-order chi connectivity index (χ0) is 12.1. The van der Waals surface area contributed by atoms with Gasteiger partial charge in [-0.2, -0.15) is 0 Å². The van der Waals surface area contributed by atoms with E-state index in [1.807, 2.05) is 36.4 Å². The maximum atomic E-state index is 11.2. The normalized spacial score (nSPS) is 10.2. The first-order valence-corrected chi connectivity index (χ1v) is 6.37. The van der Waals surface area contributed by atoms with Crippen molar-refractivity contribution < 1.29 is 4.79 Å². The van der Waals surface area contributed by atoms with Gasteiger partial charge in [-0.15, -0.1) is 0 Å². The molecule has 2 rings (SSSR count). The smallest absolute Gasteiger partial charge is 0.134 e. The second-order valence-corrected chi connectivity index (χ2v) is 5.02. The molecule has 0 amide bonds. The molecule has 2 heteroatoms. The highest BCUT2D eigenvalue weighted by atomic mass is 32.2. The van der Waals surface area contributed by atoms with E-state index in [-0.39, 0.29) is 5.78 Å². The quantitative estimate of drug-likeness (QED) is 0.807. The van der Waals surface area contributed by atoms with Gasteiger partial charge in [0, 0.05) is 16.2 Å². The van der Waals surface area contributed by atoms with Gasteiger partial charge >= 0.3 is 0 Å². The number of hydrogen-bond acceptors (Lipinski definition) is 2. The molecule has 1 nitrogen and oxygen atoms in total. The zero-order valence-electron chi connectivity index (χ0n) is 9.72. The lowest BCUT2D eigenvalue weighted by Crippen LogP contribution is -1.97. The van der Waals surface area contributed by atoms with Crippen LogP contribution in [0.4, 0.5) is 0 Å². The summed E-state index contributed by atoms with van der Waals surface area (Å²) < 4.78 is 0. The van der Waals surface area contributed by atoms with Crippen molar-refractivity contribution in [2.45, 2.75) is 23.1 Å². The van der Waals surface area contributed by atoms with Crippen molar-refractivity contribution in [1.29, 1.82) is 0 Å². The third kappa shape index (κ3) is 3.46. The third-order valence-corrected chi connectivity index (χ3v) is 3.51. The summed E-state index contributed by atoms with van der Waals surface area (Å²) in [7, 11) is 0. The fraction of sp³-hybridized carbons (Fsp3) is 0.133. The molecule has 0 aliphatic carbocycles. The Hall–Kier alpha value is -1.54.